The van der Waals surface area contributed by atoms with Crippen LogP contribution in [0.3, 0.4) is 0 Å². The molecule has 1 saturated heterocycles. The van der Waals surface area contributed by atoms with E-state index in [0.717, 1.165) is 5.56 Å². The van der Waals surface area contributed by atoms with Crippen molar-refractivity contribution in [3.8, 4) is 0 Å². The standard InChI is InChI=1S/C20H26N2O6/c1-20(2,3)27-19(26)21-15(13-14-7-5-4-6-8-14)9-12-18(25)28-22-16(23)10-11-17(22)24/h4-8,15H,9-13H2,1-3H3,(H,21,26)/t15-/m0/s1. The minimum Gasteiger partial charge on any atom is -0.444 e. The molecule has 1 aliphatic rings. The number of alkyl carbamates (subject to hydrolysis) is 1. The number of ether oxygens (including phenoxy) is 1. The molecule has 0 bridgehead atoms. The Morgan fingerprint density at radius 1 is 1.11 bits per heavy atom. The Morgan fingerprint density at radius 3 is 2.29 bits per heavy atom. The Bertz CT molecular complexity index is 710. The van der Waals surface area contributed by atoms with Crippen molar-refractivity contribution in [2.75, 3.05) is 0 Å². The molecule has 0 radical (unpaired) electrons. The van der Waals surface area contributed by atoms with E-state index in [4.69, 9.17) is 9.57 Å². The van der Waals surface area contributed by atoms with E-state index in [9.17, 15) is 19.2 Å². The molecule has 0 aliphatic carbocycles. The first kappa shape index (κ1) is 21.4. The van der Waals surface area contributed by atoms with Crippen LogP contribution in [0.1, 0.15) is 52.0 Å². The average molecular weight is 390 g/mol. The van der Waals surface area contributed by atoms with Crippen LogP contribution in [-0.4, -0.2) is 40.6 Å². The van der Waals surface area contributed by atoms with E-state index >= 15 is 0 Å². The summed E-state index contributed by atoms with van der Waals surface area (Å²) in [6.45, 7) is 5.29. The van der Waals surface area contributed by atoms with Crippen LogP contribution in [0.2, 0.25) is 0 Å². The third-order valence-electron chi connectivity index (χ3n) is 3.94. The molecule has 1 atom stereocenters. The van der Waals surface area contributed by atoms with Crippen LogP contribution < -0.4 is 5.32 Å². The molecular weight excluding hydrogens is 364 g/mol. The molecule has 28 heavy (non-hydrogen) atoms. The van der Waals surface area contributed by atoms with Crippen molar-refractivity contribution in [3.05, 3.63) is 35.9 Å². The normalized spacial score (nSPS) is 15.3. The number of carbonyl (C=O) groups is 4. The summed E-state index contributed by atoms with van der Waals surface area (Å²) in [5, 5.41) is 3.30. The number of amides is 3. The molecule has 1 aromatic rings. The van der Waals surface area contributed by atoms with Crippen molar-refractivity contribution in [3.63, 3.8) is 0 Å². The molecule has 0 spiro atoms. The molecule has 1 N–H and O–H groups in total. The number of nitrogens with zero attached hydrogens (tertiary/aromatic N) is 1. The van der Waals surface area contributed by atoms with Crippen molar-refractivity contribution >= 4 is 23.9 Å². The number of nitrogens with one attached hydrogen (secondary N) is 1. The highest BCUT2D eigenvalue weighted by Gasteiger charge is 2.33. The molecule has 2 rings (SSSR count). The van der Waals surface area contributed by atoms with E-state index in [1.165, 1.54) is 0 Å². The summed E-state index contributed by atoms with van der Waals surface area (Å²) in [4.78, 5) is 52.1. The molecule has 1 fully saturated rings. The van der Waals surface area contributed by atoms with Crippen LogP contribution in [0.4, 0.5) is 4.79 Å². The Morgan fingerprint density at radius 2 is 1.71 bits per heavy atom. The predicted octanol–water partition coefficient (Wildman–Crippen LogP) is 2.51. The lowest BCUT2D eigenvalue weighted by Gasteiger charge is -2.24. The highest BCUT2D eigenvalue weighted by molar-refractivity contribution is 6.01. The van der Waals surface area contributed by atoms with Crippen molar-refractivity contribution in [1.29, 1.82) is 0 Å². The molecule has 0 unspecified atom stereocenters. The summed E-state index contributed by atoms with van der Waals surface area (Å²) in [6, 6.07) is 9.13. The monoisotopic (exact) mass is 390 g/mol. The third-order valence-corrected chi connectivity index (χ3v) is 3.94. The van der Waals surface area contributed by atoms with Gasteiger partial charge in [0.25, 0.3) is 11.8 Å². The molecule has 8 nitrogen and oxygen atoms in total. The summed E-state index contributed by atoms with van der Waals surface area (Å²) in [5.41, 5.74) is 0.346. The molecule has 0 saturated carbocycles. The summed E-state index contributed by atoms with van der Waals surface area (Å²) in [7, 11) is 0. The van der Waals surface area contributed by atoms with Crippen molar-refractivity contribution in [2.24, 2.45) is 0 Å². The van der Waals surface area contributed by atoms with Crippen molar-refractivity contribution in [1.82, 2.24) is 10.4 Å². The Labute approximate surface area is 164 Å². The number of hydroxylamine groups is 2. The van der Waals surface area contributed by atoms with E-state index in [-0.39, 0.29) is 31.7 Å². The van der Waals surface area contributed by atoms with Crippen LogP contribution in [-0.2, 0) is 30.4 Å². The fourth-order valence-corrected chi connectivity index (χ4v) is 2.70. The van der Waals surface area contributed by atoms with Crippen molar-refractivity contribution in [2.45, 2.75) is 64.5 Å². The molecule has 3 amide bonds. The third kappa shape index (κ3) is 7.02. The Hall–Kier alpha value is -2.90. The molecule has 8 heteroatoms. The smallest absolute Gasteiger partial charge is 0.407 e. The quantitative estimate of drug-likeness (QED) is 0.718. The maximum absolute atomic E-state index is 12.1. The zero-order valence-electron chi connectivity index (χ0n) is 16.4. The van der Waals surface area contributed by atoms with Crippen molar-refractivity contribution < 1.29 is 28.8 Å². The molecular formula is C20H26N2O6. The summed E-state index contributed by atoms with van der Waals surface area (Å²) in [5.74, 6) is -1.75. The van der Waals surface area contributed by atoms with E-state index in [0.29, 0.717) is 11.5 Å². The van der Waals surface area contributed by atoms with Crippen LogP contribution in [0.5, 0.6) is 0 Å². The van der Waals surface area contributed by atoms with E-state index in [2.05, 4.69) is 5.32 Å². The average Bonchev–Trinajstić information content (AvgIpc) is 2.91. The van der Waals surface area contributed by atoms with Crippen LogP contribution in [0.25, 0.3) is 0 Å². The summed E-state index contributed by atoms with van der Waals surface area (Å²) < 4.78 is 5.28. The largest absolute Gasteiger partial charge is 0.444 e. The fourth-order valence-electron chi connectivity index (χ4n) is 2.70. The molecule has 152 valence electrons. The predicted molar refractivity (Wildman–Crippen MR) is 99.7 cm³/mol. The minimum absolute atomic E-state index is 0.0446. The van der Waals surface area contributed by atoms with Gasteiger partial charge in [-0.25, -0.2) is 9.59 Å². The first-order valence-electron chi connectivity index (χ1n) is 9.24. The lowest BCUT2D eigenvalue weighted by Crippen LogP contribution is -2.41. The van der Waals surface area contributed by atoms with Gasteiger partial charge in [-0.2, -0.15) is 0 Å². The molecule has 1 aliphatic heterocycles. The second-order valence-corrected chi connectivity index (χ2v) is 7.62. The summed E-state index contributed by atoms with van der Waals surface area (Å²) >= 11 is 0. The lowest BCUT2D eigenvalue weighted by atomic mass is 10.0. The topological polar surface area (TPSA) is 102 Å². The highest BCUT2D eigenvalue weighted by Crippen LogP contribution is 2.15. The van der Waals surface area contributed by atoms with Gasteiger partial charge < -0.3 is 14.9 Å². The summed E-state index contributed by atoms with van der Waals surface area (Å²) in [6.07, 6.45) is 0.209. The number of carbonyl (C=O) groups excluding carboxylic acids is 4. The molecule has 1 aromatic carbocycles. The van der Waals surface area contributed by atoms with Gasteiger partial charge in [0.2, 0.25) is 0 Å². The van der Waals surface area contributed by atoms with Gasteiger partial charge in [0, 0.05) is 25.3 Å². The van der Waals surface area contributed by atoms with Gasteiger partial charge in [0.1, 0.15) is 5.60 Å². The van der Waals surface area contributed by atoms with Gasteiger partial charge in [-0.1, -0.05) is 30.3 Å². The highest BCUT2D eigenvalue weighted by atomic mass is 16.7. The Balaban J connectivity index is 1.94. The first-order valence-corrected chi connectivity index (χ1v) is 9.24. The first-order chi connectivity index (χ1) is 13.1. The van der Waals surface area contributed by atoms with E-state index in [1.54, 1.807) is 20.8 Å². The van der Waals surface area contributed by atoms with Crippen LogP contribution in [0.15, 0.2) is 30.3 Å². The second-order valence-electron chi connectivity index (χ2n) is 7.62. The number of rotatable bonds is 7. The Kier molecular flexibility index (Phi) is 7.14. The minimum atomic E-state index is -0.701. The van der Waals surface area contributed by atoms with Gasteiger partial charge in [-0.3, -0.25) is 9.59 Å². The SMILES string of the molecule is CC(C)(C)OC(=O)N[C@@H](CCC(=O)ON1C(=O)CCC1=O)Cc1ccccc1. The van der Waals surface area contributed by atoms with E-state index in [1.807, 2.05) is 30.3 Å². The zero-order chi connectivity index (χ0) is 20.7. The maximum atomic E-state index is 12.1. The van der Waals surface area contributed by atoms with Gasteiger partial charge in [-0.05, 0) is 39.2 Å². The maximum Gasteiger partial charge on any atom is 0.407 e. The van der Waals surface area contributed by atoms with Gasteiger partial charge in [-0.15, -0.1) is 5.06 Å². The number of hydrogen-bond donors (Lipinski definition) is 1. The number of hydrogen-bond acceptors (Lipinski definition) is 6. The molecule has 1 heterocycles. The van der Waals surface area contributed by atoms with Crippen LogP contribution >= 0.6 is 0 Å². The van der Waals surface area contributed by atoms with Gasteiger partial charge in [0.15, 0.2) is 0 Å². The fraction of sp³-hybridized carbons (Fsp3) is 0.500. The number of benzene rings is 1. The number of imide groups is 1. The molecule has 0 aromatic heterocycles. The zero-order valence-corrected chi connectivity index (χ0v) is 16.4. The lowest BCUT2D eigenvalue weighted by molar-refractivity contribution is -0.197. The van der Waals surface area contributed by atoms with Gasteiger partial charge >= 0.3 is 12.1 Å². The second kappa shape index (κ2) is 9.34. The van der Waals surface area contributed by atoms with Crippen LogP contribution in [0, 0.1) is 0 Å². The van der Waals surface area contributed by atoms with E-state index < -0.39 is 29.5 Å². The van der Waals surface area contributed by atoms with Gasteiger partial charge in [0.05, 0.1) is 0 Å².